The quantitative estimate of drug-likeness (QED) is 0.491. The van der Waals surface area contributed by atoms with Gasteiger partial charge in [0.1, 0.15) is 0 Å². The fourth-order valence-corrected chi connectivity index (χ4v) is 4.15. The van der Waals surface area contributed by atoms with E-state index in [1.165, 1.54) is 12.1 Å². The van der Waals surface area contributed by atoms with E-state index >= 15 is 0 Å². The first-order valence-corrected chi connectivity index (χ1v) is 10.6. The van der Waals surface area contributed by atoms with Crippen LogP contribution in [-0.2, 0) is 0 Å². The Kier molecular flexibility index (Phi) is 5.08. The smallest absolute Gasteiger partial charge is 0.256 e. The summed E-state index contributed by atoms with van der Waals surface area (Å²) in [5.74, 6) is 0.583. The number of carbonyl (C=O) groups is 1. The molecule has 1 aliphatic rings. The maximum Gasteiger partial charge on any atom is 0.256 e. The Morgan fingerprint density at radius 3 is 2.65 bits per heavy atom. The van der Waals surface area contributed by atoms with Crippen LogP contribution in [0.25, 0.3) is 22.2 Å². The molecule has 1 fully saturated rings. The second-order valence-corrected chi connectivity index (χ2v) is 8.15. The molecular weight excluding hydrogens is 384 g/mol. The lowest BCUT2D eigenvalue weighted by atomic mass is 10.0. The summed E-state index contributed by atoms with van der Waals surface area (Å²) < 4.78 is 0. The number of fused-ring (bicyclic) bond motifs is 1. The summed E-state index contributed by atoms with van der Waals surface area (Å²) >= 11 is 0. The predicted molar refractivity (Wildman–Crippen MR) is 125 cm³/mol. The fraction of sp³-hybridized carbons (Fsp3) is 0.192. The zero-order chi connectivity index (χ0) is 21.2. The van der Waals surface area contributed by atoms with Gasteiger partial charge in [-0.1, -0.05) is 25.1 Å². The highest BCUT2D eigenvalue weighted by Gasteiger charge is 2.19. The monoisotopic (exact) mass is 408 g/mol. The molecule has 5 rings (SSSR count). The number of anilines is 2. The molecule has 1 atom stereocenters. The Morgan fingerprint density at radius 2 is 1.90 bits per heavy atom. The summed E-state index contributed by atoms with van der Waals surface area (Å²) in [5.41, 5.74) is 4.98. The minimum atomic E-state index is -0.147. The molecule has 0 bridgehead atoms. The summed E-state index contributed by atoms with van der Waals surface area (Å²) in [6.07, 6.45) is 4.72. The number of aromatic nitrogens is 2. The Balaban J connectivity index is 1.44. The van der Waals surface area contributed by atoms with Gasteiger partial charge in [0.15, 0.2) is 0 Å². The number of carbonyl (C=O) groups excluding carboxylic acids is 1. The summed E-state index contributed by atoms with van der Waals surface area (Å²) in [5, 5.41) is 3.88. The second-order valence-electron chi connectivity index (χ2n) is 8.15. The van der Waals surface area contributed by atoms with Crippen LogP contribution in [0.1, 0.15) is 23.7 Å². The Bertz CT molecular complexity index is 1220. The van der Waals surface area contributed by atoms with Gasteiger partial charge in [-0.15, -0.1) is 0 Å². The molecule has 0 saturated carbocycles. The molecule has 1 saturated heterocycles. The maximum absolute atomic E-state index is 13.2. The molecule has 2 aromatic carbocycles. The molecule has 0 spiro atoms. The SMILES string of the molecule is CC1CCN(c2ccc(NC(=O)c3cc(-c4cccnc4)nc4ccccc34)cc2)C1. The van der Waals surface area contributed by atoms with Gasteiger partial charge >= 0.3 is 0 Å². The van der Waals surface area contributed by atoms with Gasteiger partial charge in [-0.25, -0.2) is 4.98 Å². The van der Waals surface area contributed by atoms with Crippen LogP contribution in [0.3, 0.4) is 0 Å². The van der Waals surface area contributed by atoms with Crippen molar-refractivity contribution in [3.8, 4) is 11.3 Å². The largest absolute Gasteiger partial charge is 0.371 e. The third kappa shape index (κ3) is 3.99. The zero-order valence-corrected chi connectivity index (χ0v) is 17.5. The summed E-state index contributed by atoms with van der Waals surface area (Å²) in [7, 11) is 0. The molecule has 0 radical (unpaired) electrons. The van der Waals surface area contributed by atoms with Crippen LogP contribution < -0.4 is 10.2 Å². The van der Waals surface area contributed by atoms with Crippen molar-refractivity contribution in [1.82, 2.24) is 9.97 Å². The number of hydrogen-bond donors (Lipinski definition) is 1. The summed E-state index contributed by atoms with van der Waals surface area (Å²) in [4.78, 5) is 24.5. The van der Waals surface area contributed by atoms with Gasteiger partial charge in [0.2, 0.25) is 0 Å². The molecule has 5 nitrogen and oxygen atoms in total. The van der Waals surface area contributed by atoms with Gasteiger partial charge in [0.05, 0.1) is 16.8 Å². The molecule has 1 unspecified atom stereocenters. The third-order valence-corrected chi connectivity index (χ3v) is 5.83. The van der Waals surface area contributed by atoms with Crippen LogP contribution in [0.5, 0.6) is 0 Å². The van der Waals surface area contributed by atoms with Gasteiger partial charge in [-0.2, -0.15) is 0 Å². The number of hydrogen-bond acceptors (Lipinski definition) is 4. The average molecular weight is 409 g/mol. The van der Waals surface area contributed by atoms with Crippen molar-refractivity contribution in [3.63, 3.8) is 0 Å². The molecular formula is C26H24N4O. The second kappa shape index (κ2) is 8.19. The highest BCUT2D eigenvalue weighted by Crippen LogP contribution is 2.27. The molecule has 1 amide bonds. The van der Waals surface area contributed by atoms with Crippen molar-refractivity contribution >= 4 is 28.2 Å². The molecule has 5 heteroatoms. The van der Waals surface area contributed by atoms with Crippen LogP contribution in [0.4, 0.5) is 11.4 Å². The number of pyridine rings is 2. The van der Waals surface area contributed by atoms with E-state index in [1.807, 2.05) is 54.6 Å². The lowest BCUT2D eigenvalue weighted by Gasteiger charge is -2.18. The lowest BCUT2D eigenvalue weighted by Crippen LogP contribution is -2.19. The normalized spacial score (nSPS) is 15.9. The minimum Gasteiger partial charge on any atom is -0.371 e. The van der Waals surface area contributed by atoms with Gasteiger partial charge in [-0.05, 0) is 60.9 Å². The van der Waals surface area contributed by atoms with Crippen molar-refractivity contribution in [3.05, 3.63) is 84.7 Å². The molecule has 3 heterocycles. The Hall–Kier alpha value is -3.73. The standard InChI is InChI=1S/C26H24N4O/c1-18-12-14-30(17-18)21-10-8-20(9-11-21)28-26(31)23-15-25(19-5-4-13-27-16-19)29-24-7-3-2-6-22(23)24/h2-11,13,15-16,18H,12,14,17H2,1H3,(H,28,31). The summed E-state index contributed by atoms with van der Waals surface area (Å²) in [6.45, 7) is 4.46. The van der Waals surface area contributed by atoms with Crippen LogP contribution >= 0.6 is 0 Å². The van der Waals surface area contributed by atoms with Crippen LogP contribution in [-0.4, -0.2) is 29.0 Å². The number of benzene rings is 2. The molecule has 1 N–H and O–H groups in total. The minimum absolute atomic E-state index is 0.147. The van der Waals surface area contributed by atoms with Crippen molar-refractivity contribution in [1.29, 1.82) is 0 Å². The van der Waals surface area contributed by atoms with Crippen LogP contribution in [0, 0.1) is 5.92 Å². The highest BCUT2D eigenvalue weighted by atomic mass is 16.1. The van der Waals surface area contributed by atoms with Gasteiger partial charge in [0, 0.05) is 47.8 Å². The van der Waals surface area contributed by atoms with E-state index in [-0.39, 0.29) is 5.91 Å². The number of nitrogens with one attached hydrogen (secondary N) is 1. The van der Waals surface area contributed by atoms with E-state index in [2.05, 4.69) is 34.3 Å². The molecule has 31 heavy (non-hydrogen) atoms. The first kappa shape index (κ1) is 19.2. The first-order valence-electron chi connectivity index (χ1n) is 10.6. The molecule has 0 aliphatic carbocycles. The molecule has 2 aromatic heterocycles. The van der Waals surface area contributed by atoms with E-state index < -0.39 is 0 Å². The van der Waals surface area contributed by atoms with E-state index in [4.69, 9.17) is 4.98 Å². The molecule has 1 aliphatic heterocycles. The van der Waals surface area contributed by atoms with E-state index in [1.54, 1.807) is 12.4 Å². The fourth-order valence-electron chi connectivity index (χ4n) is 4.15. The summed E-state index contributed by atoms with van der Waals surface area (Å²) in [6, 6.07) is 21.5. The molecule has 154 valence electrons. The van der Waals surface area contributed by atoms with Crippen molar-refractivity contribution < 1.29 is 4.79 Å². The average Bonchev–Trinajstić information content (AvgIpc) is 3.25. The van der Waals surface area contributed by atoms with Gasteiger partial charge in [-0.3, -0.25) is 9.78 Å². The number of rotatable bonds is 4. The van der Waals surface area contributed by atoms with Crippen LogP contribution in [0.2, 0.25) is 0 Å². The Labute approximate surface area is 181 Å². The van der Waals surface area contributed by atoms with Crippen molar-refractivity contribution in [2.24, 2.45) is 5.92 Å². The first-order chi connectivity index (χ1) is 15.2. The third-order valence-electron chi connectivity index (χ3n) is 5.83. The number of para-hydroxylation sites is 1. The van der Waals surface area contributed by atoms with Crippen molar-refractivity contribution in [2.45, 2.75) is 13.3 Å². The van der Waals surface area contributed by atoms with E-state index in [9.17, 15) is 4.79 Å². The van der Waals surface area contributed by atoms with E-state index in [0.29, 0.717) is 5.56 Å². The predicted octanol–water partition coefficient (Wildman–Crippen LogP) is 5.40. The lowest BCUT2D eigenvalue weighted by molar-refractivity contribution is 0.102. The van der Waals surface area contributed by atoms with Gasteiger partial charge < -0.3 is 10.2 Å². The maximum atomic E-state index is 13.2. The molecule has 4 aromatic rings. The topological polar surface area (TPSA) is 58.1 Å². The van der Waals surface area contributed by atoms with Crippen LogP contribution in [0.15, 0.2) is 79.1 Å². The number of amides is 1. The van der Waals surface area contributed by atoms with Gasteiger partial charge in [0.25, 0.3) is 5.91 Å². The van der Waals surface area contributed by atoms with E-state index in [0.717, 1.165) is 46.9 Å². The highest BCUT2D eigenvalue weighted by molar-refractivity contribution is 6.13. The Morgan fingerprint density at radius 1 is 1.06 bits per heavy atom. The number of nitrogens with zero attached hydrogens (tertiary/aromatic N) is 3. The zero-order valence-electron chi connectivity index (χ0n) is 17.5. The van der Waals surface area contributed by atoms with Crippen molar-refractivity contribution in [2.75, 3.05) is 23.3 Å².